The van der Waals surface area contributed by atoms with Crippen molar-refractivity contribution in [2.45, 2.75) is 13.8 Å². The van der Waals surface area contributed by atoms with E-state index in [1.165, 1.54) is 11.1 Å². The van der Waals surface area contributed by atoms with E-state index in [0.717, 1.165) is 5.69 Å². The van der Waals surface area contributed by atoms with Crippen LogP contribution in [0.2, 0.25) is 0 Å². The Morgan fingerprint density at radius 1 is 1.18 bits per heavy atom. The van der Waals surface area contributed by atoms with Gasteiger partial charge in [0.05, 0.1) is 0 Å². The molecule has 0 atom stereocenters. The first-order chi connectivity index (χ1) is 5.22. The fraction of sp³-hybridized carbons (Fsp3) is 0.250. The van der Waals surface area contributed by atoms with Crippen LogP contribution >= 0.6 is 8.61 Å². The van der Waals surface area contributed by atoms with Gasteiger partial charge >= 0.3 is 0 Å². The third kappa shape index (κ3) is 2.32. The maximum absolute atomic E-state index is 10.2. The van der Waals surface area contributed by atoms with E-state index in [1.54, 1.807) is 0 Å². The zero-order chi connectivity index (χ0) is 8.27. The van der Waals surface area contributed by atoms with Crippen LogP contribution in [0, 0.1) is 13.8 Å². The van der Waals surface area contributed by atoms with E-state index in [9.17, 15) is 4.57 Å². The lowest BCUT2D eigenvalue weighted by Crippen LogP contribution is -1.83. The highest BCUT2D eigenvalue weighted by Crippen LogP contribution is 2.15. The Balaban J connectivity index is 2.98. The van der Waals surface area contributed by atoms with Crippen molar-refractivity contribution in [3.05, 3.63) is 29.3 Å². The fourth-order valence-electron chi connectivity index (χ4n) is 1.09. The van der Waals surface area contributed by atoms with E-state index in [0.29, 0.717) is 0 Å². The minimum Gasteiger partial charge on any atom is -0.305 e. The Morgan fingerprint density at radius 2 is 1.73 bits per heavy atom. The van der Waals surface area contributed by atoms with E-state index in [2.05, 4.69) is 11.2 Å². The van der Waals surface area contributed by atoms with Gasteiger partial charge in [-0.1, -0.05) is 6.07 Å². The van der Waals surface area contributed by atoms with Gasteiger partial charge in [0.25, 0.3) is 8.61 Å². The van der Waals surface area contributed by atoms with Gasteiger partial charge in [-0.25, -0.2) is 4.57 Å². The summed E-state index contributed by atoms with van der Waals surface area (Å²) in [5.41, 5.74) is 3.26. The first-order valence-corrected chi connectivity index (χ1v) is 4.20. The molecule has 0 aliphatic heterocycles. The second-order valence-electron chi connectivity index (χ2n) is 2.58. The van der Waals surface area contributed by atoms with Crippen LogP contribution in [0.5, 0.6) is 0 Å². The highest BCUT2D eigenvalue weighted by Gasteiger charge is 1.92. The number of benzene rings is 1. The zero-order valence-corrected chi connectivity index (χ0v) is 7.48. The summed E-state index contributed by atoms with van der Waals surface area (Å²) in [5, 5.41) is 2.71. The van der Waals surface area contributed by atoms with Crippen LogP contribution in [0.1, 0.15) is 11.1 Å². The molecule has 0 aliphatic rings. The van der Waals surface area contributed by atoms with Crippen LogP contribution in [0.4, 0.5) is 5.69 Å². The van der Waals surface area contributed by atoms with Gasteiger partial charge in [0, 0.05) is 5.69 Å². The fourth-order valence-corrected chi connectivity index (χ4v) is 1.33. The van der Waals surface area contributed by atoms with Gasteiger partial charge in [0.1, 0.15) is 0 Å². The summed E-state index contributed by atoms with van der Waals surface area (Å²) in [6.45, 7) is 4.03. The van der Waals surface area contributed by atoms with Crippen molar-refractivity contribution in [1.82, 2.24) is 0 Å². The summed E-state index contributed by atoms with van der Waals surface area (Å²) in [5.74, 6) is 0. The van der Waals surface area contributed by atoms with Crippen molar-refractivity contribution in [3.63, 3.8) is 0 Å². The molecule has 2 nitrogen and oxygen atoms in total. The molecule has 0 aromatic heterocycles. The molecule has 1 rings (SSSR count). The molecule has 1 aromatic carbocycles. The average molecular weight is 167 g/mol. The van der Waals surface area contributed by atoms with E-state index < -0.39 is 0 Å². The number of anilines is 1. The Labute approximate surface area is 67.9 Å². The minimum atomic E-state index is -0.0500. The lowest BCUT2D eigenvalue weighted by molar-refractivity contribution is 0.601. The molecule has 0 radical (unpaired) electrons. The second kappa shape index (κ2) is 3.49. The van der Waals surface area contributed by atoms with Gasteiger partial charge in [0.15, 0.2) is 0 Å². The molecule has 0 bridgehead atoms. The summed E-state index contributed by atoms with van der Waals surface area (Å²) >= 11 is 0. The molecule has 1 N–H and O–H groups in total. The summed E-state index contributed by atoms with van der Waals surface area (Å²) in [4.78, 5) is 0. The number of rotatable bonds is 2. The van der Waals surface area contributed by atoms with Crippen molar-refractivity contribution in [2.75, 3.05) is 5.09 Å². The van der Waals surface area contributed by atoms with E-state index >= 15 is 0 Å². The van der Waals surface area contributed by atoms with Crippen molar-refractivity contribution in [3.8, 4) is 0 Å². The monoisotopic (exact) mass is 167 g/mol. The highest BCUT2D eigenvalue weighted by atomic mass is 31.1. The first-order valence-electron chi connectivity index (χ1n) is 3.39. The third-order valence-electron chi connectivity index (χ3n) is 1.40. The first kappa shape index (κ1) is 8.22. The zero-order valence-electron chi connectivity index (χ0n) is 6.59. The van der Waals surface area contributed by atoms with Gasteiger partial charge in [-0.3, -0.25) is 0 Å². The Kier molecular flexibility index (Phi) is 2.61. The van der Waals surface area contributed by atoms with Crippen LogP contribution < -0.4 is 5.09 Å². The third-order valence-corrected chi connectivity index (χ3v) is 1.75. The molecule has 0 saturated heterocycles. The van der Waals surface area contributed by atoms with Gasteiger partial charge in [-0.2, -0.15) is 0 Å². The summed E-state index contributed by atoms with van der Waals surface area (Å²) in [6, 6.07) is 5.99. The normalized spacial score (nSPS) is 10.0. The molecule has 0 heterocycles. The minimum absolute atomic E-state index is 0.0500. The quantitative estimate of drug-likeness (QED) is 0.686. The molecule has 0 amide bonds. The van der Waals surface area contributed by atoms with Crippen molar-refractivity contribution in [1.29, 1.82) is 0 Å². The number of hydrogen-bond donors (Lipinski definition) is 1. The molecular formula is C8H10NOP. The van der Waals surface area contributed by atoms with Crippen molar-refractivity contribution < 1.29 is 4.57 Å². The number of aryl methyl sites for hydroxylation is 2. The molecule has 3 heteroatoms. The predicted molar refractivity (Wildman–Crippen MR) is 47.1 cm³/mol. The van der Waals surface area contributed by atoms with Gasteiger partial charge in [0.2, 0.25) is 0 Å². The van der Waals surface area contributed by atoms with Gasteiger partial charge in [-0.15, -0.1) is 0 Å². The average Bonchev–Trinajstić information content (AvgIpc) is 1.85. The smallest absolute Gasteiger partial charge is 0.279 e. The Hall–Kier alpha value is -0.880. The largest absolute Gasteiger partial charge is 0.305 e. The number of nitrogens with one attached hydrogen (secondary N) is 1. The van der Waals surface area contributed by atoms with Crippen LogP contribution in [-0.2, 0) is 4.57 Å². The summed E-state index contributed by atoms with van der Waals surface area (Å²) < 4.78 is 10.2. The maximum Gasteiger partial charge on any atom is 0.279 e. The van der Waals surface area contributed by atoms with Gasteiger partial charge in [-0.05, 0) is 37.1 Å². The molecule has 0 saturated carbocycles. The SMILES string of the molecule is Cc1cc(C)cc(NP=O)c1. The summed E-state index contributed by atoms with van der Waals surface area (Å²) in [6.07, 6.45) is 0. The van der Waals surface area contributed by atoms with E-state index in [-0.39, 0.29) is 8.61 Å². The number of hydrogen-bond acceptors (Lipinski definition) is 1. The molecule has 0 fully saturated rings. The van der Waals surface area contributed by atoms with E-state index in [4.69, 9.17) is 0 Å². The lowest BCUT2D eigenvalue weighted by atomic mass is 10.1. The van der Waals surface area contributed by atoms with Crippen LogP contribution in [0.25, 0.3) is 0 Å². The highest BCUT2D eigenvalue weighted by molar-refractivity contribution is 7.25. The maximum atomic E-state index is 10.2. The standard InChI is InChI=1S/C8H10NOP/c1-6-3-7(2)5-8(4-6)9-11-10/h3-5H,1-2H3,(H,9,10). The van der Waals surface area contributed by atoms with Crippen molar-refractivity contribution >= 4 is 14.3 Å². The van der Waals surface area contributed by atoms with Crippen LogP contribution in [0.3, 0.4) is 0 Å². The molecule has 0 aliphatic carbocycles. The lowest BCUT2D eigenvalue weighted by Gasteiger charge is -2.00. The van der Waals surface area contributed by atoms with Crippen LogP contribution in [-0.4, -0.2) is 0 Å². The van der Waals surface area contributed by atoms with Crippen LogP contribution in [0.15, 0.2) is 18.2 Å². The Bertz CT molecular complexity index is 253. The molecule has 11 heavy (non-hydrogen) atoms. The predicted octanol–water partition coefficient (Wildman–Crippen LogP) is 2.92. The molecule has 0 unspecified atom stereocenters. The second-order valence-corrected chi connectivity index (χ2v) is 2.99. The molecule has 58 valence electrons. The van der Waals surface area contributed by atoms with Gasteiger partial charge < -0.3 is 5.09 Å². The molecular weight excluding hydrogens is 157 g/mol. The van der Waals surface area contributed by atoms with E-state index in [1.807, 2.05) is 26.0 Å². The molecule has 0 spiro atoms. The van der Waals surface area contributed by atoms with Crippen molar-refractivity contribution in [2.24, 2.45) is 0 Å². The Morgan fingerprint density at radius 3 is 2.18 bits per heavy atom. The summed E-state index contributed by atoms with van der Waals surface area (Å²) in [7, 11) is -0.0500. The molecule has 1 aromatic rings. The topological polar surface area (TPSA) is 29.1 Å².